The molecule has 0 bridgehead atoms. The van der Waals surface area contributed by atoms with Gasteiger partial charge in [0.15, 0.2) is 0 Å². The Morgan fingerprint density at radius 3 is 2.33 bits per heavy atom. The second-order valence-corrected chi connectivity index (χ2v) is 5.29. The van der Waals surface area contributed by atoms with Gasteiger partial charge in [-0.05, 0) is 29.6 Å². The van der Waals surface area contributed by atoms with Crippen molar-refractivity contribution >= 4 is 0 Å². The van der Waals surface area contributed by atoms with Crippen molar-refractivity contribution in [3.8, 4) is 0 Å². The molecular weight excluding hydrogens is 152 g/mol. The largest absolute Gasteiger partial charge is 0.390 e. The molecule has 2 aliphatic carbocycles. The van der Waals surface area contributed by atoms with E-state index >= 15 is 0 Å². The van der Waals surface area contributed by atoms with Crippen LogP contribution in [0.1, 0.15) is 33.6 Å². The normalized spacial score (nSPS) is 56.2. The van der Waals surface area contributed by atoms with Gasteiger partial charge in [0.1, 0.15) is 0 Å². The van der Waals surface area contributed by atoms with E-state index in [9.17, 15) is 10.2 Å². The van der Waals surface area contributed by atoms with Crippen molar-refractivity contribution in [2.45, 2.75) is 45.8 Å². The minimum Gasteiger partial charge on any atom is -0.390 e. The van der Waals surface area contributed by atoms with Gasteiger partial charge in [-0.3, -0.25) is 0 Å². The van der Waals surface area contributed by atoms with Gasteiger partial charge < -0.3 is 10.2 Å². The summed E-state index contributed by atoms with van der Waals surface area (Å²) in [7, 11) is 0. The number of fused-ring (bicyclic) bond motifs is 1. The molecule has 0 radical (unpaired) electrons. The van der Waals surface area contributed by atoms with Crippen LogP contribution in [0.25, 0.3) is 0 Å². The molecule has 2 aliphatic rings. The Balaban J connectivity index is 2.28. The summed E-state index contributed by atoms with van der Waals surface area (Å²) in [5, 5.41) is 19.4. The van der Waals surface area contributed by atoms with Crippen LogP contribution in [-0.4, -0.2) is 22.4 Å². The lowest BCUT2D eigenvalue weighted by molar-refractivity contribution is -0.110. The molecule has 0 saturated heterocycles. The molecule has 4 unspecified atom stereocenters. The van der Waals surface area contributed by atoms with E-state index in [1.807, 2.05) is 0 Å². The molecule has 70 valence electrons. The highest BCUT2D eigenvalue weighted by Crippen LogP contribution is 2.68. The van der Waals surface area contributed by atoms with Gasteiger partial charge in [0.2, 0.25) is 0 Å². The van der Waals surface area contributed by atoms with Crippen LogP contribution < -0.4 is 0 Å². The molecule has 0 spiro atoms. The molecule has 2 N–H and O–H groups in total. The molecule has 0 aromatic heterocycles. The molecule has 12 heavy (non-hydrogen) atoms. The molecule has 0 aromatic rings. The smallest absolute Gasteiger partial charge is 0.0855 e. The van der Waals surface area contributed by atoms with Crippen LogP contribution in [-0.2, 0) is 0 Å². The Hall–Kier alpha value is -0.0800. The van der Waals surface area contributed by atoms with Gasteiger partial charge in [-0.15, -0.1) is 0 Å². The van der Waals surface area contributed by atoms with Crippen LogP contribution in [0.15, 0.2) is 0 Å². The lowest BCUT2D eigenvalue weighted by Gasteiger charge is -2.43. The van der Waals surface area contributed by atoms with Gasteiger partial charge in [-0.25, -0.2) is 0 Å². The van der Waals surface area contributed by atoms with Crippen molar-refractivity contribution in [2.75, 3.05) is 0 Å². The first-order valence-corrected chi connectivity index (χ1v) is 4.76. The summed E-state index contributed by atoms with van der Waals surface area (Å²) < 4.78 is 0. The maximum absolute atomic E-state index is 9.82. The number of aliphatic hydroxyl groups excluding tert-OH is 2. The Kier molecular flexibility index (Phi) is 1.45. The van der Waals surface area contributed by atoms with Gasteiger partial charge in [0.05, 0.1) is 12.2 Å². The summed E-state index contributed by atoms with van der Waals surface area (Å²) in [6.07, 6.45) is 0.927. The maximum Gasteiger partial charge on any atom is 0.0855 e. The summed E-state index contributed by atoms with van der Waals surface area (Å²) in [6.45, 7) is 6.37. The monoisotopic (exact) mass is 170 g/mol. The van der Waals surface area contributed by atoms with Gasteiger partial charge in [0.25, 0.3) is 0 Å². The molecule has 0 aromatic carbocycles. The fraction of sp³-hybridized carbons (Fsp3) is 1.00. The lowest BCUT2D eigenvalue weighted by Crippen LogP contribution is -2.48. The van der Waals surface area contributed by atoms with E-state index in [0.717, 1.165) is 6.42 Å². The molecule has 2 fully saturated rings. The third-order valence-corrected chi connectivity index (χ3v) is 4.51. The highest BCUT2D eigenvalue weighted by atomic mass is 16.3. The highest BCUT2D eigenvalue weighted by molar-refractivity contribution is 5.14. The van der Waals surface area contributed by atoms with Crippen LogP contribution in [0.3, 0.4) is 0 Å². The number of hydrogen-bond donors (Lipinski definition) is 2. The summed E-state index contributed by atoms with van der Waals surface area (Å²) in [5.74, 6) is 0.644. The van der Waals surface area contributed by atoms with Crippen LogP contribution in [0, 0.1) is 16.7 Å². The van der Waals surface area contributed by atoms with E-state index in [0.29, 0.717) is 5.92 Å². The Labute approximate surface area is 73.6 Å². The lowest BCUT2D eigenvalue weighted by atomic mass is 9.65. The summed E-state index contributed by atoms with van der Waals surface area (Å²) in [5.41, 5.74) is 0.168. The Morgan fingerprint density at radius 1 is 1.17 bits per heavy atom. The zero-order valence-electron chi connectivity index (χ0n) is 8.04. The summed E-state index contributed by atoms with van der Waals surface area (Å²) >= 11 is 0. The predicted octanol–water partition coefficient (Wildman–Crippen LogP) is 1.16. The third-order valence-electron chi connectivity index (χ3n) is 4.51. The summed E-state index contributed by atoms with van der Waals surface area (Å²) in [4.78, 5) is 0. The van der Waals surface area contributed by atoms with Crippen LogP contribution in [0.2, 0.25) is 0 Å². The van der Waals surface area contributed by atoms with Crippen molar-refractivity contribution in [2.24, 2.45) is 16.7 Å². The fourth-order valence-corrected chi connectivity index (χ4v) is 2.82. The maximum atomic E-state index is 9.82. The van der Waals surface area contributed by atoms with E-state index in [1.165, 1.54) is 6.42 Å². The molecule has 2 nitrogen and oxygen atoms in total. The third kappa shape index (κ3) is 0.775. The van der Waals surface area contributed by atoms with Crippen LogP contribution in [0.5, 0.6) is 0 Å². The first-order chi connectivity index (χ1) is 5.39. The van der Waals surface area contributed by atoms with Crippen LogP contribution >= 0.6 is 0 Å². The molecule has 0 amide bonds. The zero-order valence-corrected chi connectivity index (χ0v) is 8.04. The first-order valence-electron chi connectivity index (χ1n) is 4.76. The second-order valence-electron chi connectivity index (χ2n) is 5.29. The van der Waals surface area contributed by atoms with Gasteiger partial charge in [-0.2, -0.15) is 0 Å². The average molecular weight is 170 g/mol. The minimum absolute atomic E-state index is 0.116. The van der Waals surface area contributed by atoms with Gasteiger partial charge in [0, 0.05) is 0 Å². The van der Waals surface area contributed by atoms with Gasteiger partial charge in [-0.1, -0.05) is 20.8 Å². The van der Waals surface area contributed by atoms with E-state index in [-0.39, 0.29) is 10.8 Å². The Morgan fingerprint density at radius 2 is 1.75 bits per heavy atom. The van der Waals surface area contributed by atoms with E-state index in [4.69, 9.17) is 0 Å². The first kappa shape index (κ1) is 8.52. The molecular formula is C10H18O2. The van der Waals surface area contributed by atoms with Crippen molar-refractivity contribution in [1.29, 1.82) is 0 Å². The van der Waals surface area contributed by atoms with E-state index < -0.39 is 12.2 Å². The zero-order chi connectivity index (χ0) is 9.15. The highest BCUT2D eigenvalue weighted by Gasteiger charge is 2.65. The quantitative estimate of drug-likeness (QED) is 0.573. The van der Waals surface area contributed by atoms with E-state index in [2.05, 4.69) is 20.8 Å². The molecule has 2 rings (SSSR count). The fourth-order valence-electron chi connectivity index (χ4n) is 2.82. The number of hydrogen-bond acceptors (Lipinski definition) is 2. The van der Waals surface area contributed by atoms with E-state index in [1.54, 1.807) is 0 Å². The van der Waals surface area contributed by atoms with Crippen molar-refractivity contribution in [3.63, 3.8) is 0 Å². The van der Waals surface area contributed by atoms with Crippen molar-refractivity contribution in [1.82, 2.24) is 0 Å². The predicted molar refractivity (Wildman–Crippen MR) is 46.6 cm³/mol. The Bertz CT molecular complexity index is 212. The van der Waals surface area contributed by atoms with Crippen molar-refractivity contribution < 1.29 is 10.2 Å². The number of rotatable bonds is 0. The molecule has 4 atom stereocenters. The van der Waals surface area contributed by atoms with Crippen LogP contribution in [0.4, 0.5) is 0 Å². The molecule has 2 heteroatoms. The standard InChI is InChI=1S/C10H18O2/c1-9(2)8(12)7(11)4-6-5-10(6,9)3/h6-8,11-12H,4-5H2,1-3H3. The topological polar surface area (TPSA) is 40.5 Å². The SMILES string of the molecule is CC1(C)C(O)C(O)CC2CC21C. The summed E-state index contributed by atoms with van der Waals surface area (Å²) in [6, 6.07) is 0. The molecule has 0 aliphatic heterocycles. The average Bonchev–Trinajstić information content (AvgIpc) is 2.60. The molecule has 2 saturated carbocycles. The number of aliphatic hydroxyl groups is 2. The molecule has 0 heterocycles. The second kappa shape index (κ2) is 2.05. The van der Waals surface area contributed by atoms with Gasteiger partial charge >= 0.3 is 0 Å². The minimum atomic E-state index is -0.541. The van der Waals surface area contributed by atoms with Crippen molar-refractivity contribution in [3.05, 3.63) is 0 Å².